The molecule has 2 amide bonds. The number of amides is 2. The van der Waals surface area contributed by atoms with Crippen molar-refractivity contribution in [3.63, 3.8) is 0 Å². The van der Waals surface area contributed by atoms with Crippen LogP contribution in [0.1, 0.15) is 44.7 Å². The summed E-state index contributed by atoms with van der Waals surface area (Å²) in [5.74, 6) is -0.484. The zero-order valence-corrected chi connectivity index (χ0v) is 25.5. The van der Waals surface area contributed by atoms with Gasteiger partial charge in [0.15, 0.2) is 0 Å². The number of ether oxygens (including phenoxy) is 1. The van der Waals surface area contributed by atoms with Gasteiger partial charge in [-0.25, -0.2) is 8.42 Å². The van der Waals surface area contributed by atoms with E-state index in [4.69, 9.17) is 16.3 Å². The summed E-state index contributed by atoms with van der Waals surface area (Å²) in [6.07, 6.45) is 1.10. The first-order chi connectivity index (χ1) is 19.6. The Bertz CT molecular complexity index is 1410. The van der Waals surface area contributed by atoms with Gasteiger partial charge in [-0.05, 0) is 68.7 Å². The van der Waals surface area contributed by atoms with Crippen LogP contribution in [-0.2, 0) is 26.2 Å². The summed E-state index contributed by atoms with van der Waals surface area (Å²) in [6, 6.07) is 19.3. The van der Waals surface area contributed by atoms with E-state index >= 15 is 0 Å². The molecule has 10 heteroatoms. The molecule has 0 spiro atoms. The number of rotatable bonds is 14. The smallest absolute Gasteiger partial charge is 0.264 e. The fraction of sp³-hybridized carbons (Fsp3) is 0.355. The number of nitrogens with one attached hydrogen (secondary N) is 1. The second kappa shape index (κ2) is 14.9. The average molecular weight is 600 g/mol. The summed E-state index contributed by atoms with van der Waals surface area (Å²) in [7, 11) is -4.24. The van der Waals surface area contributed by atoms with E-state index in [1.54, 1.807) is 31.2 Å². The number of carbonyl (C=O) groups excluding carboxylic acids is 2. The number of benzene rings is 3. The molecule has 0 saturated heterocycles. The van der Waals surface area contributed by atoms with Gasteiger partial charge in [-0.2, -0.15) is 0 Å². The molecule has 41 heavy (non-hydrogen) atoms. The number of aryl methyl sites for hydroxylation is 1. The van der Waals surface area contributed by atoms with Crippen LogP contribution in [0.25, 0.3) is 0 Å². The number of para-hydroxylation sites is 2. The normalized spacial score (nSPS) is 11.9. The SMILES string of the molecule is CCCNC(=O)C(CC)N(Cc1ccc(C)cc1)C(=O)CN(c1ccccc1OCC)S(=O)(=O)c1ccc(Cl)cc1. The molecule has 0 radical (unpaired) electrons. The summed E-state index contributed by atoms with van der Waals surface area (Å²) in [5, 5.41) is 3.27. The topological polar surface area (TPSA) is 96.0 Å². The van der Waals surface area contributed by atoms with Gasteiger partial charge in [-0.1, -0.05) is 67.4 Å². The molecule has 0 aliphatic carbocycles. The van der Waals surface area contributed by atoms with Crippen molar-refractivity contribution in [2.75, 3.05) is 24.0 Å². The van der Waals surface area contributed by atoms with Gasteiger partial charge in [-0.15, -0.1) is 0 Å². The van der Waals surface area contributed by atoms with Crippen LogP contribution in [0.5, 0.6) is 5.75 Å². The van der Waals surface area contributed by atoms with E-state index in [2.05, 4.69) is 5.32 Å². The van der Waals surface area contributed by atoms with E-state index in [9.17, 15) is 18.0 Å². The number of carbonyl (C=O) groups is 2. The Labute approximate surface area is 248 Å². The third-order valence-electron chi connectivity index (χ3n) is 6.52. The highest BCUT2D eigenvalue weighted by Gasteiger charge is 2.34. The van der Waals surface area contributed by atoms with Crippen LogP contribution in [0.15, 0.2) is 77.7 Å². The highest BCUT2D eigenvalue weighted by molar-refractivity contribution is 7.92. The van der Waals surface area contributed by atoms with Gasteiger partial charge in [0, 0.05) is 18.1 Å². The van der Waals surface area contributed by atoms with Crippen LogP contribution in [0.3, 0.4) is 0 Å². The van der Waals surface area contributed by atoms with Crippen molar-refractivity contribution < 1.29 is 22.7 Å². The predicted octanol–water partition coefficient (Wildman–Crippen LogP) is 5.58. The Morgan fingerprint density at radius 3 is 2.22 bits per heavy atom. The van der Waals surface area contributed by atoms with Crippen molar-refractivity contribution in [2.45, 2.75) is 58.0 Å². The molecule has 0 heterocycles. The van der Waals surface area contributed by atoms with Crippen LogP contribution >= 0.6 is 11.6 Å². The van der Waals surface area contributed by atoms with E-state index in [0.717, 1.165) is 21.9 Å². The Kier molecular flexibility index (Phi) is 11.6. The van der Waals surface area contributed by atoms with Crippen LogP contribution in [0.4, 0.5) is 5.69 Å². The van der Waals surface area contributed by atoms with E-state index in [-0.39, 0.29) is 23.0 Å². The van der Waals surface area contributed by atoms with Crippen LogP contribution in [0.2, 0.25) is 5.02 Å². The monoisotopic (exact) mass is 599 g/mol. The minimum atomic E-state index is -4.24. The molecule has 0 fully saturated rings. The summed E-state index contributed by atoms with van der Waals surface area (Å²) < 4.78 is 34.9. The lowest BCUT2D eigenvalue weighted by atomic mass is 10.1. The molecular formula is C31H38ClN3O5S. The van der Waals surface area contributed by atoms with Crippen molar-refractivity contribution in [1.29, 1.82) is 0 Å². The van der Waals surface area contributed by atoms with Gasteiger partial charge in [0.05, 0.1) is 17.2 Å². The van der Waals surface area contributed by atoms with Gasteiger partial charge in [-0.3, -0.25) is 13.9 Å². The molecule has 1 atom stereocenters. The van der Waals surface area contributed by atoms with Crippen molar-refractivity contribution in [2.24, 2.45) is 0 Å². The highest BCUT2D eigenvalue weighted by atomic mass is 35.5. The van der Waals surface area contributed by atoms with Crippen molar-refractivity contribution >= 4 is 39.1 Å². The van der Waals surface area contributed by atoms with Crippen molar-refractivity contribution in [3.05, 3.63) is 88.9 Å². The lowest BCUT2D eigenvalue weighted by Crippen LogP contribution is -2.52. The van der Waals surface area contributed by atoms with E-state index in [0.29, 0.717) is 30.3 Å². The standard InChI is InChI=1S/C31H38ClN3O5S/c1-5-20-33-31(37)27(6-2)34(21-24-14-12-23(4)13-15-24)30(36)22-35(28-10-8-9-11-29(28)40-7-3)41(38,39)26-18-16-25(32)17-19-26/h8-19,27H,5-7,20-22H2,1-4H3,(H,33,37). The fourth-order valence-corrected chi connectivity index (χ4v) is 5.91. The predicted molar refractivity (Wildman–Crippen MR) is 163 cm³/mol. The maximum absolute atomic E-state index is 14.2. The van der Waals surface area contributed by atoms with Crippen molar-refractivity contribution in [3.8, 4) is 5.75 Å². The second-order valence-corrected chi connectivity index (χ2v) is 11.9. The molecule has 0 aromatic heterocycles. The molecule has 220 valence electrons. The zero-order chi connectivity index (χ0) is 30.0. The Morgan fingerprint density at radius 2 is 1.61 bits per heavy atom. The molecule has 0 saturated carbocycles. The third kappa shape index (κ3) is 8.24. The van der Waals surface area contributed by atoms with E-state index in [1.807, 2.05) is 45.0 Å². The Morgan fingerprint density at radius 1 is 0.951 bits per heavy atom. The molecule has 1 N–H and O–H groups in total. The molecule has 0 bridgehead atoms. The fourth-order valence-electron chi connectivity index (χ4n) is 4.36. The summed E-state index contributed by atoms with van der Waals surface area (Å²) in [6.45, 7) is 7.91. The quantitative estimate of drug-likeness (QED) is 0.261. The first-order valence-electron chi connectivity index (χ1n) is 13.7. The molecule has 8 nitrogen and oxygen atoms in total. The number of hydrogen-bond donors (Lipinski definition) is 1. The lowest BCUT2D eigenvalue weighted by molar-refractivity contribution is -0.140. The van der Waals surface area contributed by atoms with Gasteiger partial charge in [0.1, 0.15) is 18.3 Å². The first-order valence-corrected chi connectivity index (χ1v) is 15.6. The number of halogens is 1. The lowest BCUT2D eigenvalue weighted by Gasteiger charge is -2.33. The first kappa shape index (κ1) is 32.0. The van der Waals surface area contributed by atoms with Gasteiger partial charge >= 0.3 is 0 Å². The molecule has 3 aromatic rings. The van der Waals surface area contributed by atoms with Crippen LogP contribution < -0.4 is 14.4 Å². The highest BCUT2D eigenvalue weighted by Crippen LogP contribution is 2.33. The number of nitrogens with zero attached hydrogens (tertiary/aromatic N) is 2. The Hall–Kier alpha value is -3.56. The maximum atomic E-state index is 14.2. The average Bonchev–Trinajstić information content (AvgIpc) is 2.96. The molecule has 1 unspecified atom stereocenters. The van der Waals surface area contributed by atoms with Gasteiger partial charge in [0.2, 0.25) is 11.8 Å². The molecular weight excluding hydrogens is 562 g/mol. The van der Waals surface area contributed by atoms with E-state index in [1.165, 1.54) is 29.2 Å². The molecule has 0 aliphatic rings. The summed E-state index contributed by atoms with van der Waals surface area (Å²) >= 11 is 6.03. The zero-order valence-electron chi connectivity index (χ0n) is 24.0. The molecule has 3 aromatic carbocycles. The number of anilines is 1. The van der Waals surface area contributed by atoms with Crippen LogP contribution in [0, 0.1) is 6.92 Å². The minimum absolute atomic E-state index is 0.0289. The number of sulfonamides is 1. The largest absolute Gasteiger partial charge is 0.492 e. The number of hydrogen-bond acceptors (Lipinski definition) is 5. The van der Waals surface area contributed by atoms with Crippen LogP contribution in [-0.4, -0.2) is 50.9 Å². The van der Waals surface area contributed by atoms with Gasteiger partial charge in [0.25, 0.3) is 10.0 Å². The molecule has 0 aliphatic heterocycles. The van der Waals surface area contributed by atoms with Gasteiger partial charge < -0.3 is 15.0 Å². The minimum Gasteiger partial charge on any atom is -0.492 e. The third-order valence-corrected chi connectivity index (χ3v) is 8.55. The Balaban J connectivity index is 2.09. The van der Waals surface area contributed by atoms with Crippen molar-refractivity contribution in [1.82, 2.24) is 10.2 Å². The second-order valence-electron chi connectivity index (χ2n) is 9.59. The summed E-state index contributed by atoms with van der Waals surface area (Å²) in [4.78, 5) is 28.8. The maximum Gasteiger partial charge on any atom is 0.264 e. The van der Waals surface area contributed by atoms with E-state index < -0.39 is 28.5 Å². The summed E-state index contributed by atoms with van der Waals surface area (Å²) in [5.41, 5.74) is 2.11. The molecule has 3 rings (SSSR count).